The molecule has 0 unspecified atom stereocenters. The molecule has 0 radical (unpaired) electrons. The van der Waals surface area contributed by atoms with Crippen molar-refractivity contribution in [3.8, 4) is 11.8 Å². The Morgan fingerprint density at radius 3 is 2.85 bits per heavy atom. The first kappa shape index (κ1) is 10.3. The van der Waals surface area contributed by atoms with Crippen molar-refractivity contribution < 1.29 is 0 Å². The van der Waals surface area contributed by atoms with E-state index in [9.17, 15) is 0 Å². The number of halogens is 2. The molecule has 0 fully saturated rings. The largest absolute Gasteiger partial charge is 0.330 e. The van der Waals surface area contributed by atoms with Crippen LogP contribution in [0.5, 0.6) is 0 Å². The van der Waals surface area contributed by atoms with Crippen molar-refractivity contribution in [1.82, 2.24) is 4.98 Å². The Hall–Kier alpha value is -0.750. The predicted molar refractivity (Wildman–Crippen MR) is 54.8 cm³/mol. The number of nitrogens with zero attached hydrogens (tertiary/aromatic N) is 1. The lowest BCUT2D eigenvalue weighted by Crippen LogP contribution is -1.95. The second kappa shape index (κ2) is 5.08. The van der Waals surface area contributed by atoms with Crippen LogP contribution in [0.15, 0.2) is 12.3 Å². The normalized spacial score (nSPS) is 9.15. The predicted octanol–water partition coefficient (Wildman–Crippen LogP) is 2.09. The van der Waals surface area contributed by atoms with Crippen LogP contribution in [-0.2, 0) is 0 Å². The van der Waals surface area contributed by atoms with E-state index in [4.69, 9.17) is 28.9 Å². The third-order valence-electron chi connectivity index (χ3n) is 1.30. The highest BCUT2D eigenvalue weighted by Gasteiger charge is 1.97. The standard InChI is InChI=1S/C9H8Cl2N2/c10-8-5-7(3-1-2-4-12)6-13-9(8)11/h5-6H,2,4,12H2. The van der Waals surface area contributed by atoms with E-state index in [2.05, 4.69) is 16.8 Å². The van der Waals surface area contributed by atoms with Crippen molar-refractivity contribution in [1.29, 1.82) is 0 Å². The molecule has 0 saturated carbocycles. The van der Waals surface area contributed by atoms with Crippen LogP contribution in [0, 0.1) is 11.8 Å². The number of aromatic nitrogens is 1. The van der Waals surface area contributed by atoms with E-state index in [-0.39, 0.29) is 0 Å². The Morgan fingerprint density at radius 2 is 2.23 bits per heavy atom. The first-order valence-electron chi connectivity index (χ1n) is 3.74. The van der Waals surface area contributed by atoms with E-state index in [1.165, 1.54) is 0 Å². The van der Waals surface area contributed by atoms with Crippen molar-refractivity contribution in [2.24, 2.45) is 5.73 Å². The van der Waals surface area contributed by atoms with Crippen LogP contribution >= 0.6 is 23.2 Å². The molecule has 1 aromatic heterocycles. The molecule has 13 heavy (non-hydrogen) atoms. The quantitative estimate of drug-likeness (QED) is 0.575. The molecule has 1 heterocycles. The van der Waals surface area contributed by atoms with Crippen LogP contribution in [-0.4, -0.2) is 11.5 Å². The molecule has 1 aromatic rings. The maximum atomic E-state index is 5.74. The highest BCUT2D eigenvalue weighted by Crippen LogP contribution is 2.18. The van der Waals surface area contributed by atoms with E-state index in [1.54, 1.807) is 12.3 Å². The summed E-state index contributed by atoms with van der Waals surface area (Å²) in [7, 11) is 0. The number of hydrogen-bond donors (Lipinski definition) is 1. The SMILES string of the molecule is NCCC#Cc1cnc(Cl)c(Cl)c1. The van der Waals surface area contributed by atoms with Crippen LogP contribution in [0.25, 0.3) is 0 Å². The van der Waals surface area contributed by atoms with Gasteiger partial charge in [0, 0.05) is 24.7 Å². The molecule has 0 aromatic carbocycles. The van der Waals surface area contributed by atoms with Gasteiger partial charge in [-0.25, -0.2) is 4.98 Å². The number of nitrogens with two attached hydrogens (primary N) is 1. The maximum Gasteiger partial charge on any atom is 0.147 e. The molecule has 0 saturated heterocycles. The summed E-state index contributed by atoms with van der Waals surface area (Å²) in [5.41, 5.74) is 6.03. The van der Waals surface area contributed by atoms with Crippen molar-refractivity contribution in [3.63, 3.8) is 0 Å². The minimum Gasteiger partial charge on any atom is -0.330 e. The fourth-order valence-corrected chi connectivity index (χ4v) is 0.996. The molecule has 0 bridgehead atoms. The summed E-state index contributed by atoms with van der Waals surface area (Å²) in [5, 5.41) is 0.715. The monoisotopic (exact) mass is 214 g/mol. The fourth-order valence-electron chi connectivity index (χ4n) is 0.726. The molecule has 1 rings (SSSR count). The molecule has 0 spiro atoms. The minimum absolute atomic E-state index is 0.297. The van der Waals surface area contributed by atoms with Crippen molar-refractivity contribution in [3.05, 3.63) is 28.0 Å². The summed E-state index contributed by atoms with van der Waals surface area (Å²) in [4.78, 5) is 3.86. The van der Waals surface area contributed by atoms with Gasteiger partial charge in [-0.2, -0.15) is 0 Å². The molecule has 68 valence electrons. The second-order valence-corrected chi connectivity index (χ2v) is 3.10. The summed E-state index contributed by atoms with van der Waals surface area (Å²) in [5.74, 6) is 5.76. The van der Waals surface area contributed by atoms with Crippen LogP contribution in [0.1, 0.15) is 12.0 Å². The Balaban J connectivity index is 2.81. The van der Waals surface area contributed by atoms with Gasteiger partial charge in [-0.3, -0.25) is 0 Å². The molecule has 2 N–H and O–H groups in total. The molecular formula is C9H8Cl2N2. The fraction of sp³-hybridized carbons (Fsp3) is 0.222. The number of hydrogen-bond acceptors (Lipinski definition) is 2. The molecule has 0 atom stereocenters. The summed E-state index contributed by atoms with van der Waals surface area (Å²) in [6.45, 7) is 0.557. The topological polar surface area (TPSA) is 38.9 Å². The van der Waals surface area contributed by atoms with Gasteiger partial charge in [-0.05, 0) is 6.07 Å². The van der Waals surface area contributed by atoms with Gasteiger partial charge in [-0.1, -0.05) is 35.0 Å². The Morgan fingerprint density at radius 1 is 1.46 bits per heavy atom. The summed E-state index contributed by atoms with van der Waals surface area (Å²) in [6.07, 6.45) is 2.25. The van der Waals surface area contributed by atoms with Gasteiger partial charge in [0.15, 0.2) is 0 Å². The van der Waals surface area contributed by atoms with Gasteiger partial charge < -0.3 is 5.73 Å². The van der Waals surface area contributed by atoms with Gasteiger partial charge in [-0.15, -0.1) is 0 Å². The summed E-state index contributed by atoms with van der Waals surface area (Å²) < 4.78 is 0. The molecule has 2 nitrogen and oxygen atoms in total. The lowest BCUT2D eigenvalue weighted by molar-refractivity contribution is 1.03. The first-order chi connectivity index (χ1) is 6.24. The summed E-state index contributed by atoms with van der Waals surface area (Å²) in [6, 6.07) is 1.68. The third kappa shape index (κ3) is 3.23. The average Bonchev–Trinajstić information content (AvgIpc) is 2.12. The summed E-state index contributed by atoms with van der Waals surface area (Å²) >= 11 is 11.4. The first-order valence-corrected chi connectivity index (χ1v) is 4.49. The van der Waals surface area contributed by atoms with Gasteiger partial charge >= 0.3 is 0 Å². The van der Waals surface area contributed by atoms with Crippen LogP contribution in [0.4, 0.5) is 0 Å². The number of rotatable bonds is 1. The van der Waals surface area contributed by atoms with E-state index in [0.717, 1.165) is 5.56 Å². The van der Waals surface area contributed by atoms with E-state index >= 15 is 0 Å². The third-order valence-corrected chi connectivity index (χ3v) is 1.98. The molecule has 0 aliphatic heterocycles. The smallest absolute Gasteiger partial charge is 0.147 e. The van der Waals surface area contributed by atoms with Gasteiger partial charge in [0.25, 0.3) is 0 Å². The molecule has 0 aliphatic rings. The lowest BCUT2D eigenvalue weighted by Gasteiger charge is -1.93. The second-order valence-electron chi connectivity index (χ2n) is 2.34. The van der Waals surface area contributed by atoms with Crippen LogP contribution in [0.2, 0.25) is 10.2 Å². The minimum atomic E-state index is 0.297. The van der Waals surface area contributed by atoms with Gasteiger partial charge in [0.2, 0.25) is 0 Å². The number of pyridine rings is 1. The highest BCUT2D eigenvalue weighted by atomic mass is 35.5. The van der Waals surface area contributed by atoms with E-state index in [0.29, 0.717) is 23.1 Å². The zero-order chi connectivity index (χ0) is 9.68. The Bertz CT molecular complexity index is 352. The van der Waals surface area contributed by atoms with Crippen molar-refractivity contribution in [2.45, 2.75) is 6.42 Å². The lowest BCUT2D eigenvalue weighted by atomic mass is 10.3. The van der Waals surface area contributed by atoms with Gasteiger partial charge in [0.1, 0.15) is 5.15 Å². The zero-order valence-electron chi connectivity index (χ0n) is 6.85. The Kier molecular flexibility index (Phi) is 4.04. The maximum absolute atomic E-state index is 5.74. The van der Waals surface area contributed by atoms with Crippen molar-refractivity contribution >= 4 is 23.2 Å². The van der Waals surface area contributed by atoms with Crippen molar-refractivity contribution in [2.75, 3.05) is 6.54 Å². The zero-order valence-corrected chi connectivity index (χ0v) is 8.36. The van der Waals surface area contributed by atoms with E-state index < -0.39 is 0 Å². The Labute approximate surface area is 87.1 Å². The average molecular weight is 215 g/mol. The molecule has 4 heteroatoms. The van der Waals surface area contributed by atoms with E-state index in [1.807, 2.05) is 0 Å². The molecule has 0 amide bonds. The highest BCUT2D eigenvalue weighted by molar-refractivity contribution is 6.41. The van der Waals surface area contributed by atoms with Crippen LogP contribution < -0.4 is 5.73 Å². The van der Waals surface area contributed by atoms with Gasteiger partial charge in [0.05, 0.1) is 5.02 Å². The molecular weight excluding hydrogens is 207 g/mol. The molecule has 0 aliphatic carbocycles. The van der Waals surface area contributed by atoms with Crippen LogP contribution in [0.3, 0.4) is 0 Å².